The van der Waals surface area contributed by atoms with Gasteiger partial charge < -0.3 is 8.92 Å². The number of ether oxygens (including phenoxy) is 1. The average molecular weight is 519 g/mol. The van der Waals surface area contributed by atoms with Gasteiger partial charge >= 0.3 is 10.1 Å². The van der Waals surface area contributed by atoms with Gasteiger partial charge in [0.15, 0.2) is 17.3 Å². The normalized spacial score (nSPS) is 19.0. The number of carbonyl (C=O) groups excluding carboxylic acids is 2. The van der Waals surface area contributed by atoms with Gasteiger partial charge in [-0.2, -0.15) is 8.42 Å². The van der Waals surface area contributed by atoms with Gasteiger partial charge in [0.25, 0.3) is 0 Å². The molecule has 0 amide bonds. The molecule has 34 heavy (non-hydrogen) atoms. The number of allylic oxidation sites excluding steroid dienone is 4. The Morgan fingerprint density at radius 1 is 0.853 bits per heavy atom. The summed E-state index contributed by atoms with van der Waals surface area (Å²) in [6, 6.07) is 10.5. The highest BCUT2D eigenvalue weighted by molar-refractivity contribution is 7.87. The minimum atomic E-state index is -4.26. The van der Waals surface area contributed by atoms with Crippen molar-refractivity contribution in [2.75, 3.05) is 0 Å². The monoisotopic (exact) mass is 518 g/mol. The number of halogens is 2. The Bertz CT molecular complexity index is 1330. The largest absolute Gasteiger partial charge is 0.465 e. The van der Waals surface area contributed by atoms with E-state index in [2.05, 4.69) is 0 Å². The average Bonchev–Trinajstić information content (AvgIpc) is 2.80. The summed E-state index contributed by atoms with van der Waals surface area (Å²) in [6.07, 6.45) is 3.00. The molecule has 0 unspecified atom stereocenters. The molecule has 1 heterocycles. The molecule has 176 valence electrons. The third kappa shape index (κ3) is 4.06. The zero-order valence-electron chi connectivity index (χ0n) is 18.0. The maximum atomic E-state index is 13.1. The van der Waals surface area contributed by atoms with Gasteiger partial charge in [-0.3, -0.25) is 9.59 Å². The Hall–Kier alpha value is -2.61. The van der Waals surface area contributed by atoms with Gasteiger partial charge in [-0.15, -0.1) is 0 Å². The van der Waals surface area contributed by atoms with Crippen molar-refractivity contribution >= 4 is 44.9 Å². The zero-order chi connectivity index (χ0) is 24.0. The molecule has 3 aliphatic rings. The van der Waals surface area contributed by atoms with Crippen LogP contribution in [0.3, 0.4) is 0 Å². The Labute approximate surface area is 207 Å². The summed E-state index contributed by atoms with van der Waals surface area (Å²) >= 11 is 12.8. The lowest BCUT2D eigenvalue weighted by Gasteiger charge is -2.36. The van der Waals surface area contributed by atoms with Crippen molar-refractivity contribution in [3.05, 3.63) is 80.7 Å². The van der Waals surface area contributed by atoms with Crippen molar-refractivity contribution in [3.63, 3.8) is 0 Å². The Morgan fingerprint density at radius 3 is 2.03 bits per heavy atom. The zero-order valence-corrected chi connectivity index (χ0v) is 20.3. The second-order valence-corrected chi connectivity index (χ2v) is 10.8. The first-order valence-corrected chi connectivity index (χ1v) is 13.1. The number of ketones is 2. The number of carbonyl (C=O) groups is 2. The molecule has 2 aromatic rings. The van der Waals surface area contributed by atoms with Gasteiger partial charge in [-0.05, 0) is 37.1 Å². The number of Topliss-reactive ketones (excluding diaryl/α,β-unsaturated/α-hetero) is 2. The second kappa shape index (κ2) is 8.87. The van der Waals surface area contributed by atoms with Crippen LogP contribution in [-0.2, 0) is 24.4 Å². The van der Waals surface area contributed by atoms with Crippen LogP contribution in [0.4, 0.5) is 0 Å². The molecule has 0 saturated heterocycles. The molecule has 9 heteroatoms. The smallest absolute Gasteiger partial charge is 0.339 e. The third-order valence-corrected chi connectivity index (χ3v) is 7.95. The molecule has 0 saturated carbocycles. The van der Waals surface area contributed by atoms with Gasteiger partial charge in [-0.1, -0.05) is 41.4 Å². The molecule has 2 aliphatic carbocycles. The highest BCUT2D eigenvalue weighted by Crippen LogP contribution is 2.51. The minimum Gasteiger partial charge on any atom is -0.465 e. The highest BCUT2D eigenvalue weighted by atomic mass is 35.5. The molecular formula is C25H20Cl2O6S. The van der Waals surface area contributed by atoms with E-state index in [9.17, 15) is 18.0 Å². The van der Waals surface area contributed by atoms with Crippen LogP contribution in [0.25, 0.3) is 0 Å². The van der Waals surface area contributed by atoms with Crippen LogP contribution in [0.5, 0.6) is 5.75 Å². The summed E-state index contributed by atoms with van der Waals surface area (Å²) in [5, 5.41) is 0.191. The summed E-state index contributed by atoms with van der Waals surface area (Å²) in [4.78, 5) is 26.1. The van der Waals surface area contributed by atoms with Crippen LogP contribution in [-0.4, -0.2) is 20.0 Å². The maximum absolute atomic E-state index is 13.1. The fraction of sp³-hybridized carbons (Fsp3) is 0.280. The van der Waals surface area contributed by atoms with E-state index >= 15 is 0 Å². The molecule has 6 nitrogen and oxygen atoms in total. The summed E-state index contributed by atoms with van der Waals surface area (Å²) in [5.74, 6) is -0.285. The van der Waals surface area contributed by atoms with Crippen LogP contribution in [0.1, 0.15) is 50.0 Å². The molecule has 0 N–H and O–H groups in total. The molecule has 0 aromatic heterocycles. The van der Waals surface area contributed by atoms with Crippen molar-refractivity contribution in [2.24, 2.45) is 0 Å². The van der Waals surface area contributed by atoms with Gasteiger partial charge in [-0.25, -0.2) is 0 Å². The lowest BCUT2D eigenvalue weighted by atomic mass is 9.73. The van der Waals surface area contributed by atoms with E-state index < -0.39 is 16.0 Å². The molecule has 0 bridgehead atoms. The Balaban J connectivity index is 1.72. The van der Waals surface area contributed by atoms with E-state index in [1.54, 1.807) is 18.2 Å². The number of benzene rings is 2. The molecule has 5 rings (SSSR count). The maximum Gasteiger partial charge on any atom is 0.339 e. The fourth-order valence-corrected chi connectivity index (χ4v) is 6.34. The predicted molar refractivity (Wildman–Crippen MR) is 126 cm³/mol. The molecule has 0 fully saturated rings. The molecule has 1 aliphatic heterocycles. The van der Waals surface area contributed by atoms with Crippen LogP contribution in [0.15, 0.2) is 70.0 Å². The Kier molecular flexibility index (Phi) is 6.04. The fourth-order valence-electron chi connectivity index (χ4n) is 4.76. The van der Waals surface area contributed by atoms with Crippen LogP contribution >= 0.6 is 23.2 Å². The van der Waals surface area contributed by atoms with E-state index in [0.29, 0.717) is 61.2 Å². The van der Waals surface area contributed by atoms with Crippen molar-refractivity contribution in [1.29, 1.82) is 0 Å². The standard InChI is InChI=1S/C25H20Cl2O6S/c26-14-12-16(25(17(27)13-14)33-34(30,31)15-6-2-1-3-7-15)22-23-18(28)8-4-10-20(23)32-21-11-5-9-19(29)24(21)22/h1-3,6-7,12-13,22H,4-5,8-11H2. The summed E-state index contributed by atoms with van der Waals surface area (Å²) in [7, 11) is -4.26. The molecule has 2 aromatic carbocycles. The molecule has 0 atom stereocenters. The molecular weight excluding hydrogens is 499 g/mol. The summed E-state index contributed by atoms with van der Waals surface area (Å²) < 4.78 is 37.8. The van der Waals surface area contributed by atoms with Crippen molar-refractivity contribution < 1.29 is 26.9 Å². The first-order chi connectivity index (χ1) is 16.3. The van der Waals surface area contributed by atoms with Gasteiger partial charge in [0, 0.05) is 47.4 Å². The van der Waals surface area contributed by atoms with Crippen molar-refractivity contribution in [1.82, 2.24) is 0 Å². The quantitative estimate of drug-likeness (QED) is 0.469. The van der Waals surface area contributed by atoms with Gasteiger partial charge in [0.05, 0.1) is 10.9 Å². The molecule has 0 spiro atoms. The van der Waals surface area contributed by atoms with E-state index in [4.69, 9.17) is 32.1 Å². The van der Waals surface area contributed by atoms with E-state index in [0.717, 1.165) is 0 Å². The van der Waals surface area contributed by atoms with E-state index in [-0.39, 0.29) is 37.8 Å². The highest BCUT2D eigenvalue weighted by Gasteiger charge is 2.43. The lowest BCUT2D eigenvalue weighted by molar-refractivity contribution is -0.117. The summed E-state index contributed by atoms with van der Waals surface area (Å²) in [6.45, 7) is 0. The van der Waals surface area contributed by atoms with Crippen molar-refractivity contribution in [3.8, 4) is 5.75 Å². The van der Waals surface area contributed by atoms with Gasteiger partial charge in [0.2, 0.25) is 0 Å². The second-order valence-electron chi connectivity index (χ2n) is 8.42. The third-order valence-electron chi connectivity index (χ3n) is 6.21. The van der Waals surface area contributed by atoms with Crippen LogP contribution in [0, 0.1) is 0 Å². The van der Waals surface area contributed by atoms with Crippen LogP contribution in [0.2, 0.25) is 10.0 Å². The first-order valence-electron chi connectivity index (χ1n) is 10.9. The first kappa shape index (κ1) is 23.1. The van der Waals surface area contributed by atoms with Crippen LogP contribution < -0.4 is 4.18 Å². The number of rotatable bonds is 4. The van der Waals surface area contributed by atoms with E-state index in [1.807, 2.05) is 0 Å². The molecule has 0 radical (unpaired) electrons. The number of hydrogen-bond donors (Lipinski definition) is 0. The lowest BCUT2D eigenvalue weighted by Crippen LogP contribution is -2.30. The topological polar surface area (TPSA) is 86.7 Å². The van der Waals surface area contributed by atoms with E-state index in [1.165, 1.54) is 24.3 Å². The van der Waals surface area contributed by atoms with Gasteiger partial charge in [0.1, 0.15) is 16.4 Å². The van der Waals surface area contributed by atoms with Crippen molar-refractivity contribution in [2.45, 2.75) is 49.3 Å². The Morgan fingerprint density at radius 2 is 1.44 bits per heavy atom. The SMILES string of the molecule is O=C1CCCC2=C1C(c1cc(Cl)cc(Cl)c1OS(=O)(=O)c1ccccc1)C1=C(CCCC1=O)O2. The minimum absolute atomic E-state index is 0.0377. The number of hydrogen-bond acceptors (Lipinski definition) is 6. The predicted octanol–water partition coefficient (Wildman–Crippen LogP) is 5.89. The summed E-state index contributed by atoms with van der Waals surface area (Å²) in [5.41, 5.74) is 0.951.